The van der Waals surface area contributed by atoms with E-state index >= 15 is 0 Å². The molecule has 258 valence electrons. The van der Waals surface area contributed by atoms with Gasteiger partial charge in [0.25, 0.3) is 0 Å². The molecule has 0 aliphatic heterocycles. The summed E-state index contributed by atoms with van der Waals surface area (Å²) in [5, 5.41) is 4.54. The number of rotatable bonds is 5. The van der Waals surface area contributed by atoms with Gasteiger partial charge in [0.15, 0.2) is 5.82 Å². The van der Waals surface area contributed by atoms with Gasteiger partial charge in [-0.2, -0.15) is 0 Å². The molecule has 8 aromatic carbocycles. The summed E-state index contributed by atoms with van der Waals surface area (Å²) in [4.78, 5) is 10.7. The van der Waals surface area contributed by atoms with Gasteiger partial charge in [-0.1, -0.05) is 152 Å². The smallest absolute Gasteiger partial charge is 0.161 e. The third kappa shape index (κ3) is 4.97. The minimum atomic E-state index is -0.313. The minimum Gasteiger partial charge on any atom is -0.456 e. The highest BCUT2D eigenvalue weighted by Crippen LogP contribution is 2.53. The summed E-state index contributed by atoms with van der Waals surface area (Å²) < 4.78 is 6.27. The van der Waals surface area contributed by atoms with Crippen molar-refractivity contribution in [2.75, 3.05) is 0 Å². The number of fused-ring (bicyclic) bond motifs is 7. The van der Waals surface area contributed by atoms with Gasteiger partial charge in [-0.15, -0.1) is 0 Å². The van der Waals surface area contributed by atoms with Crippen molar-refractivity contribution in [2.45, 2.75) is 12.3 Å². The summed E-state index contributed by atoms with van der Waals surface area (Å²) in [6.45, 7) is 2.36. The molecule has 10 aromatic rings. The maximum Gasteiger partial charge on any atom is 0.161 e. The van der Waals surface area contributed by atoms with Crippen LogP contribution in [0.15, 0.2) is 192 Å². The SMILES string of the molecule is CC1(c2ccccc2)c2ccccc2-c2ccc(-c3cc(-c4cccc(-c5ccc6c(c5)oc5ccccc56)c4)nc(-c4cccc5ccccc45)n3)cc21. The molecule has 0 radical (unpaired) electrons. The summed E-state index contributed by atoms with van der Waals surface area (Å²) in [5.74, 6) is 0.702. The molecule has 3 nitrogen and oxygen atoms in total. The fraction of sp³-hybridized carbons (Fsp3) is 0.0385. The molecular weight excluding hydrogens is 669 g/mol. The molecule has 11 rings (SSSR count). The highest BCUT2D eigenvalue weighted by molar-refractivity contribution is 6.06. The van der Waals surface area contributed by atoms with E-state index < -0.39 is 0 Å². The zero-order valence-corrected chi connectivity index (χ0v) is 30.2. The first-order valence-electron chi connectivity index (χ1n) is 18.8. The van der Waals surface area contributed by atoms with Crippen molar-refractivity contribution in [3.63, 3.8) is 0 Å². The van der Waals surface area contributed by atoms with Gasteiger partial charge in [-0.3, -0.25) is 0 Å². The number of hydrogen-bond acceptors (Lipinski definition) is 3. The van der Waals surface area contributed by atoms with Crippen molar-refractivity contribution in [2.24, 2.45) is 0 Å². The molecule has 2 aromatic heterocycles. The van der Waals surface area contributed by atoms with Gasteiger partial charge < -0.3 is 4.42 Å². The summed E-state index contributed by atoms with van der Waals surface area (Å²) in [7, 11) is 0. The lowest BCUT2D eigenvalue weighted by Gasteiger charge is -2.28. The third-order valence-corrected chi connectivity index (χ3v) is 11.6. The molecular formula is C52H34N2O. The van der Waals surface area contributed by atoms with Crippen LogP contribution in [0.3, 0.4) is 0 Å². The Morgan fingerprint density at radius 2 is 1.02 bits per heavy atom. The van der Waals surface area contributed by atoms with E-state index in [1.165, 1.54) is 27.8 Å². The highest BCUT2D eigenvalue weighted by Gasteiger charge is 2.40. The quantitative estimate of drug-likeness (QED) is 0.179. The van der Waals surface area contributed by atoms with Gasteiger partial charge in [-0.25, -0.2) is 9.97 Å². The van der Waals surface area contributed by atoms with E-state index in [4.69, 9.17) is 14.4 Å². The van der Waals surface area contributed by atoms with Crippen molar-refractivity contribution < 1.29 is 4.42 Å². The molecule has 1 aliphatic rings. The van der Waals surface area contributed by atoms with Crippen LogP contribution in [-0.2, 0) is 5.41 Å². The van der Waals surface area contributed by atoms with Crippen LogP contribution in [-0.4, -0.2) is 9.97 Å². The molecule has 2 heterocycles. The second-order valence-electron chi connectivity index (χ2n) is 14.7. The molecule has 1 aliphatic carbocycles. The Balaban J connectivity index is 1.09. The molecule has 0 amide bonds. The number of para-hydroxylation sites is 1. The highest BCUT2D eigenvalue weighted by atomic mass is 16.3. The number of furan rings is 1. The molecule has 1 unspecified atom stereocenters. The topological polar surface area (TPSA) is 38.9 Å². The Bertz CT molecular complexity index is 3120. The Morgan fingerprint density at radius 1 is 0.400 bits per heavy atom. The van der Waals surface area contributed by atoms with E-state index in [0.29, 0.717) is 5.82 Å². The molecule has 0 bridgehead atoms. The fourth-order valence-corrected chi connectivity index (χ4v) is 8.78. The Kier molecular flexibility index (Phi) is 6.99. The lowest BCUT2D eigenvalue weighted by Crippen LogP contribution is -2.22. The zero-order valence-electron chi connectivity index (χ0n) is 30.2. The monoisotopic (exact) mass is 702 g/mol. The first kappa shape index (κ1) is 31.4. The summed E-state index contributed by atoms with van der Waals surface area (Å²) >= 11 is 0. The predicted molar refractivity (Wildman–Crippen MR) is 226 cm³/mol. The molecule has 0 saturated heterocycles. The maximum absolute atomic E-state index is 6.27. The predicted octanol–water partition coefficient (Wildman–Crippen LogP) is 13.5. The van der Waals surface area contributed by atoms with Crippen molar-refractivity contribution in [1.29, 1.82) is 0 Å². The van der Waals surface area contributed by atoms with Crippen LogP contribution < -0.4 is 0 Å². The van der Waals surface area contributed by atoms with E-state index in [-0.39, 0.29) is 5.41 Å². The summed E-state index contributed by atoms with van der Waals surface area (Å²) in [5.41, 5.74) is 14.9. The third-order valence-electron chi connectivity index (χ3n) is 11.6. The average molecular weight is 703 g/mol. The standard InChI is InChI=1S/C52H34N2O/c1-52(38-17-3-2-4-18-38)45-23-9-7-20-40(45)41-27-26-37(30-46(41)52)48-32-47(53-51(54-48)44-22-12-14-33-13-5-6-19-39(33)44)36-16-11-15-34(29-36)35-25-28-43-42-21-8-10-24-49(42)55-50(43)31-35/h2-32H,1H3. The van der Waals surface area contributed by atoms with Gasteiger partial charge in [0.05, 0.1) is 11.4 Å². The fourth-order valence-electron chi connectivity index (χ4n) is 8.78. The van der Waals surface area contributed by atoms with Crippen LogP contribution in [0.25, 0.3) is 88.9 Å². The first-order chi connectivity index (χ1) is 27.1. The average Bonchev–Trinajstić information content (AvgIpc) is 3.76. The second-order valence-corrected chi connectivity index (χ2v) is 14.7. The van der Waals surface area contributed by atoms with Gasteiger partial charge in [0.2, 0.25) is 0 Å². The second kappa shape index (κ2) is 12.2. The van der Waals surface area contributed by atoms with Gasteiger partial charge >= 0.3 is 0 Å². The maximum atomic E-state index is 6.27. The molecule has 0 saturated carbocycles. The van der Waals surface area contributed by atoms with Gasteiger partial charge in [-0.05, 0) is 93.0 Å². The van der Waals surface area contributed by atoms with E-state index in [0.717, 1.165) is 71.9 Å². The lowest BCUT2D eigenvalue weighted by atomic mass is 9.74. The van der Waals surface area contributed by atoms with E-state index in [2.05, 4.69) is 183 Å². The van der Waals surface area contributed by atoms with Crippen LogP contribution in [0.5, 0.6) is 0 Å². The molecule has 3 heteroatoms. The van der Waals surface area contributed by atoms with Gasteiger partial charge in [0, 0.05) is 32.9 Å². The summed E-state index contributed by atoms with van der Waals surface area (Å²) in [6.07, 6.45) is 0. The van der Waals surface area contributed by atoms with Crippen molar-refractivity contribution >= 4 is 32.7 Å². The molecule has 0 spiro atoms. The number of nitrogens with zero attached hydrogens (tertiary/aromatic N) is 2. The normalized spacial score (nSPS) is 14.7. The Hall–Kier alpha value is -7.10. The lowest BCUT2D eigenvalue weighted by molar-refractivity contribution is 0.669. The van der Waals surface area contributed by atoms with Crippen LogP contribution in [0.4, 0.5) is 0 Å². The number of hydrogen-bond donors (Lipinski definition) is 0. The number of benzene rings is 8. The summed E-state index contributed by atoms with van der Waals surface area (Å²) in [6, 6.07) is 66.9. The van der Waals surface area contributed by atoms with Gasteiger partial charge in [0.1, 0.15) is 11.2 Å². The van der Waals surface area contributed by atoms with E-state index in [9.17, 15) is 0 Å². The van der Waals surface area contributed by atoms with Crippen LogP contribution >= 0.6 is 0 Å². The molecule has 55 heavy (non-hydrogen) atoms. The van der Waals surface area contributed by atoms with E-state index in [1.54, 1.807) is 0 Å². The largest absolute Gasteiger partial charge is 0.456 e. The van der Waals surface area contributed by atoms with Crippen molar-refractivity contribution in [3.05, 3.63) is 205 Å². The number of aromatic nitrogens is 2. The van der Waals surface area contributed by atoms with Crippen LogP contribution in [0.2, 0.25) is 0 Å². The van der Waals surface area contributed by atoms with Crippen molar-refractivity contribution in [3.8, 4) is 56.2 Å². The molecule has 0 N–H and O–H groups in total. The molecule has 1 atom stereocenters. The Labute approximate surface area is 319 Å². The van der Waals surface area contributed by atoms with Crippen LogP contribution in [0, 0.1) is 0 Å². The Morgan fingerprint density at radius 3 is 1.91 bits per heavy atom. The van der Waals surface area contributed by atoms with Crippen LogP contribution in [0.1, 0.15) is 23.6 Å². The zero-order chi connectivity index (χ0) is 36.5. The molecule has 0 fully saturated rings. The van der Waals surface area contributed by atoms with Crippen molar-refractivity contribution in [1.82, 2.24) is 9.97 Å². The van der Waals surface area contributed by atoms with E-state index in [1.807, 2.05) is 12.1 Å². The minimum absolute atomic E-state index is 0.313. The first-order valence-corrected chi connectivity index (χ1v) is 18.8.